The van der Waals surface area contributed by atoms with Crippen LogP contribution in [0.2, 0.25) is 0 Å². The van der Waals surface area contributed by atoms with Gasteiger partial charge in [0, 0.05) is 37.3 Å². The van der Waals surface area contributed by atoms with Gasteiger partial charge in [0.2, 0.25) is 0 Å². The Balaban J connectivity index is 1.38. The Morgan fingerprint density at radius 2 is 1.85 bits per heavy atom. The van der Waals surface area contributed by atoms with E-state index in [0.29, 0.717) is 11.3 Å². The number of carbonyl (C=O) groups is 1. The van der Waals surface area contributed by atoms with Gasteiger partial charge in [-0.15, -0.1) is 0 Å². The lowest BCUT2D eigenvalue weighted by molar-refractivity contribution is 0.102. The minimum atomic E-state index is -0.149. The van der Waals surface area contributed by atoms with Crippen LogP contribution in [-0.4, -0.2) is 49.5 Å². The van der Waals surface area contributed by atoms with E-state index in [-0.39, 0.29) is 5.91 Å². The summed E-state index contributed by atoms with van der Waals surface area (Å²) in [4.78, 5) is 19.1. The number of hydrazone groups is 1. The second-order valence-corrected chi connectivity index (χ2v) is 6.71. The van der Waals surface area contributed by atoms with Gasteiger partial charge in [-0.2, -0.15) is 5.10 Å². The van der Waals surface area contributed by atoms with Crippen molar-refractivity contribution < 1.29 is 9.53 Å². The molecule has 4 rings (SSSR count). The number of pyridine rings is 1. The molecule has 1 fully saturated rings. The molecular formula is C20H23N5O2. The first-order valence-corrected chi connectivity index (χ1v) is 9.21. The molecule has 2 aromatic rings. The number of rotatable bonds is 4. The van der Waals surface area contributed by atoms with Gasteiger partial charge in [-0.1, -0.05) is 0 Å². The molecule has 0 radical (unpaired) electrons. The van der Waals surface area contributed by atoms with Crippen LogP contribution in [0.4, 0.5) is 17.2 Å². The molecule has 140 valence electrons. The highest BCUT2D eigenvalue weighted by molar-refractivity contribution is 6.04. The van der Waals surface area contributed by atoms with Gasteiger partial charge in [0.15, 0.2) is 0 Å². The van der Waals surface area contributed by atoms with Crippen LogP contribution in [-0.2, 0) is 4.74 Å². The van der Waals surface area contributed by atoms with Crippen molar-refractivity contribution >= 4 is 28.8 Å². The molecule has 1 aromatic heterocycles. The van der Waals surface area contributed by atoms with E-state index in [1.54, 1.807) is 6.20 Å². The first-order valence-electron chi connectivity index (χ1n) is 9.21. The highest BCUT2D eigenvalue weighted by Gasteiger charge is 2.15. The Hall–Kier alpha value is -2.93. The van der Waals surface area contributed by atoms with Gasteiger partial charge in [-0.05, 0) is 43.3 Å². The van der Waals surface area contributed by atoms with E-state index in [2.05, 4.69) is 20.3 Å². The van der Waals surface area contributed by atoms with Crippen LogP contribution in [0.5, 0.6) is 0 Å². The fourth-order valence-corrected chi connectivity index (χ4v) is 3.19. The molecular weight excluding hydrogens is 342 g/mol. The number of amides is 1. The fraction of sp³-hybridized carbons (Fsp3) is 0.350. The van der Waals surface area contributed by atoms with Gasteiger partial charge in [0.25, 0.3) is 5.91 Å². The summed E-state index contributed by atoms with van der Waals surface area (Å²) in [7, 11) is 0. The molecule has 7 nitrogen and oxygen atoms in total. The smallest absolute Gasteiger partial charge is 0.255 e. The highest BCUT2D eigenvalue weighted by Crippen LogP contribution is 2.21. The molecule has 27 heavy (non-hydrogen) atoms. The number of hydrogen-bond donors (Lipinski definition) is 1. The minimum absolute atomic E-state index is 0.149. The lowest BCUT2D eigenvalue weighted by atomic mass is 10.2. The van der Waals surface area contributed by atoms with Crippen LogP contribution in [0.15, 0.2) is 47.7 Å². The molecule has 0 unspecified atom stereocenters. The zero-order valence-electron chi connectivity index (χ0n) is 15.4. The predicted octanol–water partition coefficient (Wildman–Crippen LogP) is 2.76. The molecule has 1 saturated heterocycles. The van der Waals surface area contributed by atoms with Crippen molar-refractivity contribution in [3.8, 4) is 0 Å². The van der Waals surface area contributed by atoms with E-state index < -0.39 is 0 Å². The number of nitrogens with zero attached hydrogens (tertiary/aromatic N) is 4. The van der Waals surface area contributed by atoms with E-state index in [0.717, 1.165) is 56.5 Å². The SMILES string of the molecule is CC1=NN(c2ccc(C(=O)Nc3ccc(N4CCOCC4)nc3)cc2)CC1. The van der Waals surface area contributed by atoms with E-state index >= 15 is 0 Å². The lowest BCUT2D eigenvalue weighted by Gasteiger charge is -2.27. The zero-order valence-corrected chi connectivity index (χ0v) is 15.4. The van der Waals surface area contributed by atoms with Crippen LogP contribution >= 0.6 is 0 Å². The van der Waals surface area contributed by atoms with Crippen LogP contribution in [0.3, 0.4) is 0 Å². The number of hydrogen-bond acceptors (Lipinski definition) is 6. The van der Waals surface area contributed by atoms with Crippen molar-refractivity contribution in [3.05, 3.63) is 48.2 Å². The second-order valence-electron chi connectivity index (χ2n) is 6.71. The number of anilines is 3. The lowest BCUT2D eigenvalue weighted by Crippen LogP contribution is -2.36. The molecule has 0 aliphatic carbocycles. The van der Waals surface area contributed by atoms with Crippen molar-refractivity contribution in [1.29, 1.82) is 0 Å². The summed E-state index contributed by atoms with van der Waals surface area (Å²) in [6, 6.07) is 11.3. The highest BCUT2D eigenvalue weighted by atomic mass is 16.5. The second kappa shape index (κ2) is 7.75. The third-order valence-electron chi connectivity index (χ3n) is 4.75. The van der Waals surface area contributed by atoms with Gasteiger partial charge in [0.1, 0.15) is 5.82 Å². The Labute approximate surface area is 158 Å². The molecule has 2 aliphatic heterocycles. The third-order valence-corrected chi connectivity index (χ3v) is 4.75. The first-order chi connectivity index (χ1) is 13.2. The molecule has 0 spiro atoms. The Kier molecular flexibility index (Phi) is 5.02. The van der Waals surface area contributed by atoms with E-state index in [1.165, 1.54) is 0 Å². The van der Waals surface area contributed by atoms with Gasteiger partial charge < -0.3 is 15.0 Å². The quantitative estimate of drug-likeness (QED) is 0.902. The number of benzene rings is 1. The summed E-state index contributed by atoms with van der Waals surface area (Å²) in [6.07, 6.45) is 2.68. The molecule has 2 aliphatic rings. The molecule has 0 bridgehead atoms. The first kappa shape index (κ1) is 17.5. The van der Waals surface area contributed by atoms with Gasteiger partial charge in [-0.25, -0.2) is 4.98 Å². The number of nitrogens with one attached hydrogen (secondary N) is 1. The van der Waals surface area contributed by atoms with Crippen LogP contribution in [0.1, 0.15) is 23.7 Å². The van der Waals surface area contributed by atoms with Crippen molar-refractivity contribution in [2.24, 2.45) is 5.10 Å². The zero-order chi connectivity index (χ0) is 18.6. The summed E-state index contributed by atoms with van der Waals surface area (Å²) in [5.41, 5.74) is 3.42. The fourth-order valence-electron chi connectivity index (χ4n) is 3.19. The minimum Gasteiger partial charge on any atom is -0.378 e. The maximum Gasteiger partial charge on any atom is 0.255 e. The van der Waals surface area contributed by atoms with Crippen LogP contribution in [0.25, 0.3) is 0 Å². The molecule has 1 aromatic carbocycles. The number of morpholine rings is 1. The normalized spacial score (nSPS) is 17.0. The van der Waals surface area contributed by atoms with E-state index in [1.807, 2.05) is 48.3 Å². The largest absolute Gasteiger partial charge is 0.378 e. The monoisotopic (exact) mass is 365 g/mol. The number of ether oxygens (including phenoxy) is 1. The molecule has 0 atom stereocenters. The van der Waals surface area contributed by atoms with E-state index in [9.17, 15) is 4.79 Å². The number of carbonyl (C=O) groups excluding carboxylic acids is 1. The van der Waals surface area contributed by atoms with E-state index in [4.69, 9.17) is 4.74 Å². The maximum atomic E-state index is 12.5. The van der Waals surface area contributed by atoms with Gasteiger partial charge >= 0.3 is 0 Å². The molecule has 1 amide bonds. The summed E-state index contributed by atoms with van der Waals surface area (Å²) < 4.78 is 5.36. The summed E-state index contributed by atoms with van der Waals surface area (Å²) in [5, 5.41) is 9.34. The van der Waals surface area contributed by atoms with Crippen molar-refractivity contribution in [1.82, 2.24) is 4.98 Å². The average Bonchev–Trinajstić information content (AvgIpc) is 3.16. The number of aromatic nitrogens is 1. The summed E-state index contributed by atoms with van der Waals surface area (Å²) >= 11 is 0. The van der Waals surface area contributed by atoms with Crippen LogP contribution < -0.4 is 15.2 Å². The predicted molar refractivity (Wildman–Crippen MR) is 107 cm³/mol. The van der Waals surface area contributed by atoms with Gasteiger partial charge in [-0.3, -0.25) is 9.80 Å². The topological polar surface area (TPSA) is 70.1 Å². The standard InChI is InChI=1S/C20H23N5O2/c1-15-8-9-25(23-15)18-5-2-16(3-6-18)20(26)22-17-4-7-19(21-14-17)24-10-12-27-13-11-24/h2-7,14H,8-13H2,1H3,(H,22,26). The summed E-state index contributed by atoms with van der Waals surface area (Å²) in [6.45, 7) is 6.03. The maximum absolute atomic E-state index is 12.5. The van der Waals surface area contributed by atoms with Gasteiger partial charge in [0.05, 0.1) is 30.8 Å². The summed E-state index contributed by atoms with van der Waals surface area (Å²) in [5.74, 6) is 0.755. The Morgan fingerprint density at radius 1 is 1.07 bits per heavy atom. The van der Waals surface area contributed by atoms with Crippen LogP contribution in [0, 0.1) is 0 Å². The van der Waals surface area contributed by atoms with Crippen molar-refractivity contribution in [3.63, 3.8) is 0 Å². The molecule has 3 heterocycles. The average molecular weight is 365 g/mol. The molecule has 0 saturated carbocycles. The van der Waals surface area contributed by atoms with Crippen molar-refractivity contribution in [2.45, 2.75) is 13.3 Å². The third kappa shape index (κ3) is 4.09. The molecule has 7 heteroatoms. The molecule has 1 N–H and O–H groups in total. The Bertz CT molecular complexity index is 826. The Morgan fingerprint density at radius 3 is 2.48 bits per heavy atom. The van der Waals surface area contributed by atoms with Crippen molar-refractivity contribution in [2.75, 3.05) is 48.1 Å².